The van der Waals surface area contributed by atoms with E-state index in [0.29, 0.717) is 6.42 Å². The van der Waals surface area contributed by atoms with E-state index in [1.807, 2.05) is 51.1 Å². The Bertz CT molecular complexity index is 575. The number of carbonyl (C=O) groups excluding carboxylic acids is 2. The molecular formula is C18H26N2O2. The van der Waals surface area contributed by atoms with Crippen molar-refractivity contribution in [3.8, 4) is 0 Å². The number of H-pyrrole nitrogens is 1. The summed E-state index contributed by atoms with van der Waals surface area (Å²) in [6.45, 7) is 8.89. The van der Waals surface area contributed by atoms with Gasteiger partial charge in [0.2, 0.25) is 0 Å². The lowest BCUT2D eigenvalue weighted by atomic mass is 10.3. The van der Waals surface area contributed by atoms with Gasteiger partial charge < -0.3 is 9.78 Å². The Hall–Kier alpha value is -2.23. The third-order valence-electron chi connectivity index (χ3n) is 2.40. The molecule has 120 valence electrons. The first-order valence-corrected chi connectivity index (χ1v) is 7.48. The molecule has 0 fully saturated rings. The quantitative estimate of drug-likeness (QED) is 0.855. The van der Waals surface area contributed by atoms with Gasteiger partial charge in [-0.1, -0.05) is 32.1 Å². The van der Waals surface area contributed by atoms with Crippen molar-refractivity contribution < 1.29 is 9.59 Å². The van der Waals surface area contributed by atoms with Crippen molar-refractivity contribution in [1.82, 2.24) is 9.97 Å². The molecule has 22 heavy (non-hydrogen) atoms. The maximum atomic E-state index is 10.5. The summed E-state index contributed by atoms with van der Waals surface area (Å²) in [4.78, 5) is 27.3. The molecule has 0 atom stereocenters. The van der Waals surface area contributed by atoms with Gasteiger partial charge in [-0.05, 0) is 45.4 Å². The summed E-state index contributed by atoms with van der Waals surface area (Å²) in [5.41, 5.74) is 2.15. The van der Waals surface area contributed by atoms with Crippen LogP contribution in [0, 0.1) is 6.92 Å². The number of fused-ring (bicyclic) bond motifs is 1. The lowest BCUT2D eigenvalue weighted by molar-refractivity contribution is -0.115. The van der Waals surface area contributed by atoms with E-state index < -0.39 is 0 Å². The Labute approximate surface area is 132 Å². The largest absolute Gasteiger partial charge is 0.342 e. The molecule has 4 nitrogen and oxygen atoms in total. The summed E-state index contributed by atoms with van der Waals surface area (Å²) in [7, 11) is 0. The van der Waals surface area contributed by atoms with Crippen LogP contribution >= 0.6 is 0 Å². The molecule has 0 amide bonds. The molecule has 0 spiro atoms. The van der Waals surface area contributed by atoms with Crippen LogP contribution in [0.5, 0.6) is 0 Å². The van der Waals surface area contributed by atoms with Crippen molar-refractivity contribution >= 4 is 22.6 Å². The highest BCUT2D eigenvalue weighted by Gasteiger charge is 1.94. The van der Waals surface area contributed by atoms with Crippen LogP contribution in [0.2, 0.25) is 0 Å². The highest BCUT2D eigenvalue weighted by atomic mass is 16.1. The number of ketones is 2. The van der Waals surface area contributed by atoms with Gasteiger partial charge in [0.05, 0.1) is 11.0 Å². The number of hydrogen-bond acceptors (Lipinski definition) is 3. The molecule has 1 aromatic carbocycles. The van der Waals surface area contributed by atoms with Crippen LogP contribution in [-0.4, -0.2) is 21.5 Å². The highest BCUT2D eigenvalue weighted by Crippen LogP contribution is 2.08. The Kier molecular flexibility index (Phi) is 10.3. The van der Waals surface area contributed by atoms with Gasteiger partial charge in [-0.3, -0.25) is 4.79 Å². The van der Waals surface area contributed by atoms with Gasteiger partial charge in [0, 0.05) is 6.42 Å². The second-order valence-electron chi connectivity index (χ2n) is 4.88. The van der Waals surface area contributed by atoms with Crippen LogP contribution in [-0.2, 0) is 9.59 Å². The molecule has 0 unspecified atom stereocenters. The second-order valence-corrected chi connectivity index (χ2v) is 4.88. The average molecular weight is 302 g/mol. The van der Waals surface area contributed by atoms with E-state index in [1.165, 1.54) is 13.8 Å². The van der Waals surface area contributed by atoms with Crippen LogP contribution < -0.4 is 0 Å². The Balaban J connectivity index is 0.000000332. The highest BCUT2D eigenvalue weighted by molar-refractivity contribution is 5.89. The van der Waals surface area contributed by atoms with Gasteiger partial charge in [0.25, 0.3) is 0 Å². The van der Waals surface area contributed by atoms with Crippen molar-refractivity contribution in [3.63, 3.8) is 0 Å². The fraction of sp³-hybridized carbons (Fsp3) is 0.389. The lowest BCUT2D eigenvalue weighted by Crippen LogP contribution is -1.85. The number of carbonyl (C=O) groups is 2. The fourth-order valence-electron chi connectivity index (χ4n) is 1.45. The molecule has 1 heterocycles. The number of imidazole rings is 1. The number of nitrogens with zero attached hydrogens (tertiary/aromatic N) is 1. The van der Waals surface area contributed by atoms with Crippen LogP contribution in [0.4, 0.5) is 0 Å². The number of hydrogen-bond donors (Lipinski definition) is 1. The van der Waals surface area contributed by atoms with E-state index >= 15 is 0 Å². The molecule has 1 aromatic heterocycles. The minimum absolute atomic E-state index is 0.167. The van der Waals surface area contributed by atoms with Gasteiger partial charge >= 0.3 is 0 Å². The molecular weight excluding hydrogens is 276 g/mol. The Morgan fingerprint density at radius 3 is 2.27 bits per heavy atom. The second kappa shape index (κ2) is 11.4. The smallest absolute Gasteiger partial charge is 0.155 e. The Morgan fingerprint density at radius 2 is 1.77 bits per heavy atom. The van der Waals surface area contributed by atoms with Crippen LogP contribution in [0.25, 0.3) is 11.0 Å². The van der Waals surface area contributed by atoms with Crippen molar-refractivity contribution in [3.05, 3.63) is 42.2 Å². The van der Waals surface area contributed by atoms with E-state index in [-0.39, 0.29) is 11.6 Å². The van der Waals surface area contributed by atoms with Gasteiger partial charge in [0.1, 0.15) is 11.6 Å². The molecule has 0 aliphatic rings. The zero-order chi connectivity index (χ0) is 17.0. The van der Waals surface area contributed by atoms with Crippen LogP contribution in [0.15, 0.2) is 36.4 Å². The number of aromatic nitrogens is 2. The zero-order valence-electron chi connectivity index (χ0n) is 14.1. The van der Waals surface area contributed by atoms with E-state index in [2.05, 4.69) is 9.97 Å². The third-order valence-corrected chi connectivity index (χ3v) is 2.40. The standard InChI is InChI=1S/C8H8N2.C7H12O.C3H6O/c1-6-9-7-4-2-3-5-8(7)10-6;1-3-5-6-7(8)4-2;1-3(2)4/h2-5H,1H3,(H,9,10);5-6H,3-4H2,1-2H3;1-2H3/b;6-5-;. The SMILES string of the molecule is CC(C)=O.CC/C=C\C(=O)CC.Cc1nc2ccccc2[nH]1. The maximum absolute atomic E-state index is 10.5. The minimum atomic E-state index is 0.167. The molecule has 1 N–H and O–H groups in total. The molecule has 2 rings (SSSR count). The summed E-state index contributed by atoms with van der Waals surface area (Å²) in [6.07, 6.45) is 5.09. The summed E-state index contributed by atoms with van der Waals surface area (Å²) < 4.78 is 0. The monoisotopic (exact) mass is 302 g/mol. The minimum Gasteiger partial charge on any atom is -0.342 e. The first kappa shape index (κ1) is 19.8. The molecule has 0 saturated carbocycles. The number of benzene rings is 1. The number of aromatic amines is 1. The summed E-state index contributed by atoms with van der Waals surface area (Å²) >= 11 is 0. The van der Waals surface area contributed by atoms with Gasteiger partial charge in [0.15, 0.2) is 5.78 Å². The molecule has 4 heteroatoms. The van der Waals surface area contributed by atoms with Gasteiger partial charge in [-0.2, -0.15) is 0 Å². The first-order valence-electron chi connectivity index (χ1n) is 7.48. The van der Waals surface area contributed by atoms with Crippen molar-refractivity contribution in [2.75, 3.05) is 0 Å². The molecule has 0 aliphatic carbocycles. The summed E-state index contributed by atoms with van der Waals surface area (Å²) in [5.74, 6) is 1.35. The summed E-state index contributed by atoms with van der Waals surface area (Å²) in [6, 6.07) is 8.01. The number of Topliss-reactive ketones (excluding diaryl/α,β-unsaturated/α-hetero) is 1. The van der Waals surface area contributed by atoms with E-state index in [1.54, 1.807) is 6.08 Å². The molecule has 0 aliphatic heterocycles. The third kappa shape index (κ3) is 9.64. The number of aryl methyl sites for hydroxylation is 1. The van der Waals surface area contributed by atoms with Gasteiger partial charge in [-0.15, -0.1) is 0 Å². The molecule has 0 saturated heterocycles. The van der Waals surface area contributed by atoms with Crippen LogP contribution in [0.3, 0.4) is 0 Å². The van der Waals surface area contributed by atoms with E-state index in [0.717, 1.165) is 23.3 Å². The Morgan fingerprint density at radius 1 is 1.18 bits per heavy atom. The van der Waals surface area contributed by atoms with Crippen molar-refractivity contribution in [2.45, 2.75) is 47.5 Å². The van der Waals surface area contributed by atoms with Crippen molar-refractivity contribution in [2.24, 2.45) is 0 Å². The molecule has 2 aromatic rings. The predicted octanol–water partition coefficient (Wildman–Crippen LogP) is 4.40. The van der Waals surface area contributed by atoms with Crippen LogP contribution in [0.1, 0.15) is 46.4 Å². The zero-order valence-corrected chi connectivity index (χ0v) is 14.1. The van der Waals surface area contributed by atoms with E-state index in [4.69, 9.17) is 0 Å². The molecule has 0 bridgehead atoms. The van der Waals surface area contributed by atoms with Crippen molar-refractivity contribution in [1.29, 1.82) is 0 Å². The van der Waals surface area contributed by atoms with E-state index in [9.17, 15) is 9.59 Å². The fourth-order valence-corrected chi connectivity index (χ4v) is 1.45. The first-order chi connectivity index (χ1) is 10.4. The average Bonchev–Trinajstić information content (AvgIpc) is 2.84. The topological polar surface area (TPSA) is 62.8 Å². The normalized spacial score (nSPS) is 9.68. The number of rotatable bonds is 3. The maximum Gasteiger partial charge on any atom is 0.155 e. The summed E-state index contributed by atoms with van der Waals surface area (Å²) in [5, 5.41) is 0. The lowest BCUT2D eigenvalue weighted by Gasteiger charge is -1.81. The van der Waals surface area contributed by atoms with Gasteiger partial charge in [-0.25, -0.2) is 4.98 Å². The number of para-hydroxylation sites is 2. The molecule has 0 radical (unpaired) electrons. The number of allylic oxidation sites excluding steroid dienone is 2. The number of nitrogens with one attached hydrogen (secondary N) is 1. The predicted molar refractivity (Wildman–Crippen MR) is 91.9 cm³/mol.